The fourth-order valence-corrected chi connectivity index (χ4v) is 2.85. The van der Waals surface area contributed by atoms with Crippen LogP contribution in [0.25, 0.3) is 0 Å². The van der Waals surface area contributed by atoms with E-state index in [1.165, 1.54) is 51.5 Å². The smallest absolute Gasteiger partial charge is 0.0110 e. The minimum absolute atomic E-state index is 0.796. The summed E-state index contributed by atoms with van der Waals surface area (Å²) in [5.41, 5.74) is 0. The Kier molecular flexibility index (Phi) is 4.04. The van der Waals surface area contributed by atoms with Gasteiger partial charge in [0.2, 0.25) is 0 Å². The van der Waals surface area contributed by atoms with Crippen LogP contribution in [0, 0.1) is 0 Å². The van der Waals surface area contributed by atoms with Gasteiger partial charge in [-0.2, -0.15) is 0 Å². The molecule has 0 aromatic carbocycles. The van der Waals surface area contributed by atoms with Crippen molar-refractivity contribution < 1.29 is 0 Å². The maximum atomic E-state index is 3.69. The molecule has 2 nitrogen and oxygen atoms in total. The van der Waals surface area contributed by atoms with Crippen molar-refractivity contribution in [3.05, 3.63) is 0 Å². The third-order valence-corrected chi connectivity index (χ3v) is 4.03. The van der Waals surface area contributed by atoms with Crippen LogP contribution >= 0.6 is 0 Å². The second kappa shape index (κ2) is 5.31. The molecule has 0 heterocycles. The van der Waals surface area contributed by atoms with Crippen molar-refractivity contribution in [3.63, 3.8) is 0 Å². The topological polar surface area (TPSA) is 15.3 Å². The first kappa shape index (κ1) is 11.4. The molecule has 88 valence electrons. The largest absolute Gasteiger partial charge is 0.314 e. The third kappa shape index (κ3) is 3.18. The summed E-state index contributed by atoms with van der Waals surface area (Å²) in [5, 5.41) is 3.69. The molecule has 2 atom stereocenters. The maximum Gasteiger partial charge on any atom is 0.0110 e. The highest BCUT2D eigenvalue weighted by molar-refractivity contribution is 4.90. The van der Waals surface area contributed by atoms with Gasteiger partial charge in [0.25, 0.3) is 0 Å². The molecule has 2 rings (SSSR count). The molecule has 0 saturated heterocycles. The molecule has 2 unspecified atom stereocenters. The lowest BCUT2D eigenvalue weighted by Crippen LogP contribution is -2.43. The SMILES string of the molecule is CCCNC1CCCC(N(C)C2CC2)C1. The van der Waals surface area contributed by atoms with E-state index in [0.717, 1.165) is 18.1 Å². The van der Waals surface area contributed by atoms with E-state index in [9.17, 15) is 0 Å². The van der Waals surface area contributed by atoms with Crippen LogP contribution in [0.15, 0.2) is 0 Å². The van der Waals surface area contributed by atoms with Crippen LogP contribution in [0.2, 0.25) is 0 Å². The lowest BCUT2D eigenvalue weighted by Gasteiger charge is -2.36. The lowest BCUT2D eigenvalue weighted by atomic mass is 9.90. The fourth-order valence-electron chi connectivity index (χ4n) is 2.85. The number of nitrogens with one attached hydrogen (secondary N) is 1. The first-order valence-electron chi connectivity index (χ1n) is 6.76. The zero-order valence-electron chi connectivity index (χ0n) is 10.3. The monoisotopic (exact) mass is 210 g/mol. The Hall–Kier alpha value is -0.0800. The van der Waals surface area contributed by atoms with Crippen LogP contribution < -0.4 is 5.32 Å². The van der Waals surface area contributed by atoms with Gasteiger partial charge in [-0.15, -0.1) is 0 Å². The number of rotatable bonds is 5. The number of hydrogen-bond donors (Lipinski definition) is 1. The van der Waals surface area contributed by atoms with Crippen LogP contribution in [-0.2, 0) is 0 Å². The second-order valence-corrected chi connectivity index (χ2v) is 5.37. The van der Waals surface area contributed by atoms with E-state index in [1.807, 2.05) is 0 Å². The molecular weight excluding hydrogens is 184 g/mol. The van der Waals surface area contributed by atoms with E-state index in [0.29, 0.717) is 0 Å². The Labute approximate surface area is 94.4 Å². The number of nitrogens with zero attached hydrogens (tertiary/aromatic N) is 1. The second-order valence-electron chi connectivity index (χ2n) is 5.37. The molecular formula is C13H26N2. The molecule has 15 heavy (non-hydrogen) atoms. The molecule has 0 spiro atoms. The van der Waals surface area contributed by atoms with Gasteiger partial charge in [0.05, 0.1) is 0 Å². The minimum atomic E-state index is 0.796. The minimum Gasteiger partial charge on any atom is -0.314 e. The van der Waals surface area contributed by atoms with Crippen molar-refractivity contribution in [1.29, 1.82) is 0 Å². The van der Waals surface area contributed by atoms with Gasteiger partial charge in [-0.05, 0) is 52.1 Å². The first-order valence-corrected chi connectivity index (χ1v) is 6.76. The van der Waals surface area contributed by atoms with Gasteiger partial charge >= 0.3 is 0 Å². The van der Waals surface area contributed by atoms with Gasteiger partial charge in [0.1, 0.15) is 0 Å². The van der Waals surface area contributed by atoms with Crippen molar-refractivity contribution in [2.45, 2.75) is 70.0 Å². The highest BCUT2D eigenvalue weighted by atomic mass is 15.2. The van der Waals surface area contributed by atoms with E-state index in [1.54, 1.807) is 0 Å². The molecule has 0 aromatic heterocycles. The van der Waals surface area contributed by atoms with E-state index in [2.05, 4.69) is 24.2 Å². The summed E-state index contributed by atoms with van der Waals surface area (Å²) >= 11 is 0. The van der Waals surface area contributed by atoms with Crippen LogP contribution in [0.4, 0.5) is 0 Å². The summed E-state index contributed by atoms with van der Waals surface area (Å²) in [7, 11) is 2.34. The van der Waals surface area contributed by atoms with Crippen LogP contribution in [-0.4, -0.2) is 36.6 Å². The number of hydrogen-bond acceptors (Lipinski definition) is 2. The molecule has 0 bridgehead atoms. The molecule has 2 heteroatoms. The summed E-state index contributed by atoms with van der Waals surface area (Å²) in [6, 6.07) is 2.59. The van der Waals surface area contributed by atoms with Gasteiger partial charge in [0.15, 0.2) is 0 Å². The van der Waals surface area contributed by atoms with E-state index in [-0.39, 0.29) is 0 Å². The maximum absolute atomic E-state index is 3.69. The molecule has 2 fully saturated rings. The van der Waals surface area contributed by atoms with Crippen LogP contribution in [0.3, 0.4) is 0 Å². The van der Waals surface area contributed by atoms with E-state index < -0.39 is 0 Å². The Morgan fingerprint density at radius 2 is 1.93 bits per heavy atom. The molecule has 2 aliphatic rings. The third-order valence-electron chi connectivity index (χ3n) is 4.03. The average molecular weight is 210 g/mol. The first-order chi connectivity index (χ1) is 7.31. The van der Waals surface area contributed by atoms with Gasteiger partial charge in [-0.25, -0.2) is 0 Å². The molecule has 0 amide bonds. The Morgan fingerprint density at radius 3 is 2.60 bits per heavy atom. The summed E-state index contributed by atoms with van der Waals surface area (Å²) in [4.78, 5) is 2.65. The molecule has 2 aliphatic carbocycles. The Bertz CT molecular complexity index is 189. The van der Waals surface area contributed by atoms with Crippen molar-refractivity contribution in [1.82, 2.24) is 10.2 Å². The zero-order valence-corrected chi connectivity index (χ0v) is 10.3. The van der Waals surface area contributed by atoms with E-state index >= 15 is 0 Å². The Morgan fingerprint density at radius 1 is 1.13 bits per heavy atom. The molecule has 2 saturated carbocycles. The van der Waals surface area contributed by atoms with E-state index in [4.69, 9.17) is 0 Å². The van der Waals surface area contributed by atoms with Gasteiger partial charge < -0.3 is 10.2 Å². The quantitative estimate of drug-likeness (QED) is 0.749. The van der Waals surface area contributed by atoms with Crippen LogP contribution in [0.1, 0.15) is 51.9 Å². The zero-order chi connectivity index (χ0) is 10.7. The highest BCUT2D eigenvalue weighted by Gasteiger charge is 2.33. The fraction of sp³-hybridized carbons (Fsp3) is 1.00. The predicted molar refractivity (Wildman–Crippen MR) is 65.1 cm³/mol. The molecule has 0 aliphatic heterocycles. The molecule has 0 radical (unpaired) electrons. The van der Waals surface area contributed by atoms with Gasteiger partial charge in [0, 0.05) is 18.1 Å². The Balaban J connectivity index is 1.75. The normalized spacial score (nSPS) is 32.2. The van der Waals surface area contributed by atoms with Crippen LogP contribution in [0.5, 0.6) is 0 Å². The average Bonchev–Trinajstić information content (AvgIpc) is 3.09. The standard InChI is InChI=1S/C13H26N2/c1-3-9-14-11-5-4-6-13(10-11)15(2)12-7-8-12/h11-14H,3-10H2,1-2H3. The van der Waals surface area contributed by atoms with Crippen molar-refractivity contribution in [3.8, 4) is 0 Å². The molecule has 1 N–H and O–H groups in total. The van der Waals surface area contributed by atoms with Gasteiger partial charge in [-0.3, -0.25) is 0 Å². The van der Waals surface area contributed by atoms with Crippen molar-refractivity contribution in [2.24, 2.45) is 0 Å². The highest BCUT2D eigenvalue weighted by Crippen LogP contribution is 2.32. The van der Waals surface area contributed by atoms with Crippen molar-refractivity contribution >= 4 is 0 Å². The summed E-state index contributed by atoms with van der Waals surface area (Å²) in [5.74, 6) is 0. The lowest BCUT2D eigenvalue weighted by molar-refractivity contribution is 0.162. The summed E-state index contributed by atoms with van der Waals surface area (Å²) in [6.45, 7) is 3.45. The predicted octanol–water partition coefficient (Wildman–Crippen LogP) is 2.39. The van der Waals surface area contributed by atoms with Gasteiger partial charge in [-0.1, -0.05) is 13.3 Å². The van der Waals surface area contributed by atoms with Crippen molar-refractivity contribution in [2.75, 3.05) is 13.6 Å². The summed E-state index contributed by atoms with van der Waals surface area (Å²) < 4.78 is 0. The molecule has 0 aromatic rings. The summed E-state index contributed by atoms with van der Waals surface area (Å²) in [6.07, 6.45) is 9.78.